The molecular weight excluding hydrogens is 325 g/mol. The van der Waals surface area contributed by atoms with E-state index in [1.165, 1.54) is 12.1 Å². The summed E-state index contributed by atoms with van der Waals surface area (Å²) in [4.78, 5) is 17.3. The number of thioether (sulfide) groups is 1. The number of benzene rings is 1. The second kappa shape index (κ2) is 7.97. The number of pyridine rings is 1. The highest BCUT2D eigenvalue weighted by atomic mass is 32.2. The van der Waals surface area contributed by atoms with E-state index in [0.29, 0.717) is 25.1 Å². The molecule has 1 N–H and O–H groups in total. The van der Waals surface area contributed by atoms with Gasteiger partial charge in [-0.2, -0.15) is 0 Å². The van der Waals surface area contributed by atoms with E-state index in [-0.39, 0.29) is 11.7 Å². The largest absolute Gasteiger partial charge is 0.356 e. The quantitative estimate of drug-likeness (QED) is 0.670. The lowest BCUT2D eigenvalue weighted by atomic mass is 10.3. The van der Waals surface area contributed by atoms with Gasteiger partial charge in [0, 0.05) is 42.4 Å². The van der Waals surface area contributed by atoms with Crippen LogP contribution >= 0.6 is 11.8 Å². The number of carbonyl (C=O) groups is 1. The first kappa shape index (κ1) is 16.5. The van der Waals surface area contributed by atoms with Gasteiger partial charge in [0.15, 0.2) is 0 Å². The van der Waals surface area contributed by atoms with E-state index in [1.54, 1.807) is 23.9 Å². The fourth-order valence-corrected chi connectivity index (χ4v) is 3.17. The highest BCUT2D eigenvalue weighted by Crippen LogP contribution is 2.18. The molecular formula is C18H18FN3OS. The van der Waals surface area contributed by atoms with Crippen molar-refractivity contribution in [2.75, 3.05) is 12.3 Å². The minimum Gasteiger partial charge on any atom is -0.356 e. The SMILES string of the molecule is O=C(CCSc1ccc(F)cc1)NCCc1cn2ccccc2n1. The topological polar surface area (TPSA) is 46.4 Å². The number of imidazole rings is 1. The Kier molecular flexibility index (Phi) is 5.48. The van der Waals surface area contributed by atoms with E-state index < -0.39 is 0 Å². The van der Waals surface area contributed by atoms with Gasteiger partial charge >= 0.3 is 0 Å². The van der Waals surface area contributed by atoms with Gasteiger partial charge in [-0.05, 0) is 36.4 Å². The van der Waals surface area contributed by atoms with Crippen LogP contribution in [0.1, 0.15) is 12.1 Å². The molecule has 0 saturated heterocycles. The van der Waals surface area contributed by atoms with Gasteiger partial charge in [0.1, 0.15) is 11.5 Å². The summed E-state index contributed by atoms with van der Waals surface area (Å²) in [5.74, 6) is 0.448. The molecule has 1 aromatic carbocycles. The third-order valence-electron chi connectivity index (χ3n) is 3.53. The lowest BCUT2D eigenvalue weighted by molar-refractivity contribution is -0.120. The first-order valence-electron chi connectivity index (χ1n) is 7.78. The molecule has 0 aliphatic carbocycles. The molecule has 3 rings (SSSR count). The average molecular weight is 343 g/mol. The molecule has 124 valence electrons. The second-order valence-corrected chi connectivity index (χ2v) is 6.52. The smallest absolute Gasteiger partial charge is 0.220 e. The average Bonchev–Trinajstić information content (AvgIpc) is 2.99. The summed E-state index contributed by atoms with van der Waals surface area (Å²) in [6.45, 7) is 0.573. The van der Waals surface area contributed by atoms with Crippen LogP contribution in [-0.2, 0) is 11.2 Å². The van der Waals surface area contributed by atoms with Crippen LogP contribution in [0.2, 0.25) is 0 Å². The molecule has 3 aromatic rings. The van der Waals surface area contributed by atoms with Crippen LogP contribution in [0.4, 0.5) is 4.39 Å². The third-order valence-corrected chi connectivity index (χ3v) is 4.54. The normalized spacial score (nSPS) is 10.9. The molecule has 24 heavy (non-hydrogen) atoms. The Hall–Kier alpha value is -2.34. The molecule has 0 bridgehead atoms. The molecule has 0 atom stereocenters. The van der Waals surface area contributed by atoms with Crippen molar-refractivity contribution in [3.63, 3.8) is 0 Å². The minimum absolute atomic E-state index is 0.0216. The molecule has 0 radical (unpaired) electrons. The standard InChI is InChI=1S/C18H18FN3OS/c19-14-4-6-16(7-5-14)24-12-9-18(23)20-10-8-15-13-22-11-2-1-3-17(22)21-15/h1-7,11,13H,8-10,12H2,(H,20,23). The molecule has 0 unspecified atom stereocenters. The summed E-state index contributed by atoms with van der Waals surface area (Å²) < 4.78 is 14.8. The number of amides is 1. The Morgan fingerprint density at radius 3 is 2.83 bits per heavy atom. The van der Waals surface area contributed by atoms with Gasteiger partial charge < -0.3 is 9.72 Å². The van der Waals surface area contributed by atoms with Crippen LogP contribution in [0.15, 0.2) is 59.8 Å². The molecule has 6 heteroatoms. The predicted molar refractivity (Wildman–Crippen MR) is 93.6 cm³/mol. The lowest BCUT2D eigenvalue weighted by Crippen LogP contribution is -2.25. The van der Waals surface area contributed by atoms with Crippen LogP contribution < -0.4 is 5.32 Å². The zero-order chi connectivity index (χ0) is 16.8. The molecule has 0 spiro atoms. The second-order valence-electron chi connectivity index (χ2n) is 5.35. The molecule has 2 heterocycles. The molecule has 0 aliphatic rings. The number of rotatable bonds is 7. The van der Waals surface area contributed by atoms with Crippen LogP contribution in [0.25, 0.3) is 5.65 Å². The van der Waals surface area contributed by atoms with Gasteiger partial charge in [-0.1, -0.05) is 6.07 Å². The van der Waals surface area contributed by atoms with Gasteiger partial charge in [-0.15, -0.1) is 11.8 Å². The Labute approximate surface area is 144 Å². The van der Waals surface area contributed by atoms with Crippen molar-refractivity contribution in [1.82, 2.24) is 14.7 Å². The Morgan fingerprint density at radius 2 is 2.04 bits per heavy atom. The van der Waals surface area contributed by atoms with Crippen LogP contribution in [0.3, 0.4) is 0 Å². The van der Waals surface area contributed by atoms with E-state index in [0.717, 1.165) is 16.2 Å². The van der Waals surface area contributed by atoms with Crippen LogP contribution in [0.5, 0.6) is 0 Å². The molecule has 0 fully saturated rings. The summed E-state index contributed by atoms with van der Waals surface area (Å²) in [6, 6.07) is 12.2. The molecule has 0 aliphatic heterocycles. The van der Waals surface area contributed by atoms with E-state index in [4.69, 9.17) is 0 Å². The molecule has 2 aromatic heterocycles. The first-order chi connectivity index (χ1) is 11.7. The van der Waals surface area contributed by atoms with Gasteiger partial charge in [0.2, 0.25) is 5.91 Å². The third kappa shape index (κ3) is 4.58. The Balaban J connectivity index is 1.37. The highest BCUT2D eigenvalue weighted by Gasteiger charge is 2.04. The predicted octanol–water partition coefficient (Wildman–Crippen LogP) is 3.31. The van der Waals surface area contributed by atoms with Crippen molar-refractivity contribution in [3.8, 4) is 0 Å². The van der Waals surface area contributed by atoms with Gasteiger partial charge in [-0.3, -0.25) is 4.79 Å². The lowest BCUT2D eigenvalue weighted by Gasteiger charge is -2.04. The maximum atomic E-state index is 12.8. The summed E-state index contributed by atoms with van der Waals surface area (Å²) in [6.07, 6.45) is 5.08. The Bertz CT molecular complexity index is 784. The number of halogens is 1. The zero-order valence-electron chi connectivity index (χ0n) is 13.1. The number of nitrogens with zero attached hydrogens (tertiary/aromatic N) is 2. The van der Waals surface area contributed by atoms with Crippen molar-refractivity contribution in [2.24, 2.45) is 0 Å². The summed E-state index contributed by atoms with van der Waals surface area (Å²) in [5.41, 5.74) is 1.87. The minimum atomic E-state index is -0.246. The van der Waals surface area contributed by atoms with Crippen molar-refractivity contribution >= 4 is 23.3 Å². The number of fused-ring (bicyclic) bond motifs is 1. The van der Waals surface area contributed by atoms with Crippen molar-refractivity contribution in [2.45, 2.75) is 17.7 Å². The highest BCUT2D eigenvalue weighted by molar-refractivity contribution is 7.99. The summed E-state index contributed by atoms with van der Waals surface area (Å²) in [5, 5.41) is 2.91. The maximum Gasteiger partial charge on any atom is 0.220 e. The Morgan fingerprint density at radius 1 is 1.21 bits per heavy atom. The van der Waals surface area contributed by atoms with Crippen LogP contribution in [-0.4, -0.2) is 27.6 Å². The number of aromatic nitrogens is 2. The van der Waals surface area contributed by atoms with E-state index in [1.807, 2.05) is 35.0 Å². The van der Waals surface area contributed by atoms with Gasteiger partial charge in [-0.25, -0.2) is 9.37 Å². The van der Waals surface area contributed by atoms with Crippen LogP contribution in [0, 0.1) is 5.82 Å². The van der Waals surface area contributed by atoms with E-state index >= 15 is 0 Å². The monoisotopic (exact) mass is 343 g/mol. The maximum absolute atomic E-state index is 12.8. The van der Waals surface area contributed by atoms with E-state index in [2.05, 4.69) is 10.3 Å². The molecule has 4 nitrogen and oxygen atoms in total. The molecule has 1 amide bonds. The number of hydrogen-bond donors (Lipinski definition) is 1. The zero-order valence-corrected chi connectivity index (χ0v) is 13.9. The van der Waals surface area contributed by atoms with E-state index in [9.17, 15) is 9.18 Å². The van der Waals surface area contributed by atoms with Gasteiger partial charge in [0.25, 0.3) is 0 Å². The first-order valence-corrected chi connectivity index (χ1v) is 8.77. The summed E-state index contributed by atoms with van der Waals surface area (Å²) >= 11 is 1.55. The van der Waals surface area contributed by atoms with Crippen molar-refractivity contribution in [3.05, 3.63) is 66.4 Å². The summed E-state index contributed by atoms with van der Waals surface area (Å²) in [7, 11) is 0. The fourth-order valence-electron chi connectivity index (χ4n) is 2.32. The number of carbonyl (C=O) groups excluding carboxylic acids is 1. The number of nitrogens with one attached hydrogen (secondary N) is 1. The number of hydrogen-bond acceptors (Lipinski definition) is 3. The van der Waals surface area contributed by atoms with Crippen molar-refractivity contribution < 1.29 is 9.18 Å². The fraction of sp³-hybridized carbons (Fsp3) is 0.222. The molecule has 0 saturated carbocycles. The van der Waals surface area contributed by atoms with Gasteiger partial charge in [0.05, 0.1) is 5.69 Å². The van der Waals surface area contributed by atoms with Crippen molar-refractivity contribution in [1.29, 1.82) is 0 Å².